The lowest BCUT2D eigenvalue weighted by Gasteiger charge is -2.10. The molecule has 0 bridgehead atoms. The van der Waals surface area contributed by atoms with Gasteiger partial charge < -0.3 is 8.83 Å². The average Bonchev–Trinajstić information content (AvgIpc) is 3.82. The molecule has 250 valence electrons. The van der Waals surface area contributed by atoms with E-state index in [4.69, 9.17) is 23.8 Å². The van der Waals surface area contributed by atoms with E-state index < -0.39 is 0 Å². The van der Waals surface area contributed by atoms with E-state index in [1.54, 1.807) is 18.2 Å². The summed E-state index contributed by atoms with van der Waals surface area (Å²) in [4.78, 5) is 14.5. The number of rotatable bonds is 5. The predicted molar refractivity (Wildman–Crippen MR) is 211 cm³/mol. The second-order valence-corrected chi connectivity index (χ2v) is 13.1. The predicted octanol–water partition coefficient (Wildman–Crippen LogP) is 11.7. The molecule has 3 heterocycles. The summed E-state index contributed by atoms with van der Waals surface area (Å²) in [6.07, 6.45) is 0. The van der Waals surface area contributed by atoms with E-state index in [2.05, 4.69) is 54.6 Å². The highest BCUT2D eigenvalue weighted by Crippen LogP contribution is 2.42. The average molecular weight is 692 g/mol. The van der Waals surface area contributed by atoms with Crippen LogP contribution in [0, 0.1) is 22.7 Å². The van der Waals surface area contributed by atoms with Gasteiger partial charge in [0.25, 0.3) is 0 Å². The van der Waals surface area contributed by atoms with Crippen LogP contribution >= 0.6 is 0 Å². The fraction of sp³-hybridized carbons (Fsp3) is 0. The van der Waals surface area contributed by atoms with Gasteiger partial charge in [-0.3, -0.25) is 0 Å². The third-order valence-corrected chi connectivity index (χ3v) is 9.76. The number of fused-ring (bicyclic) bond motifs is 6. The summed E-state index contributed by atoms with van der Waals surface area (Å²) < 4.78 is 13.1. The summed E-state index contributed by atoms with van der Waals surface area (Å²) in [6.45, 7) is 0. The van der Waals surface area contributed by atoms with Gasteiger partial charge in [-0.15, -0.1) is 0 Å². The molecule has 3 aromatic heterocycles. The van der Waals surface area contributed by atoms with Crippen molar-refractivity contribution in [3.8, 4) is 68.6 Å². The van der Waals surface area contributed by atoms with E-state index in [-0.39, 0.29) is 0 Å². The summed E-state index contributed by atoms with van der Waals surface area (Å²) in [7, 11) is 0. The standard InChI is InChI=1S/C47H25N5O2/c48-26-28-9-6-12-32(21-28)46-50-45(30-10-2-1-3-11-30)51-47(52-46)34-23-29(27-49)22-33(24-34)31-19-20-36-38-15-8-17-40(44(38)54-42(36)25-31)39-16-7-14-37-35-13-4-5-18-41(35)53-43(37)39/h1-25H. The van der Waals surface area contributed by atoms with E-state index in [0.717, 1.165) is 71.7 Å². The first kappa shape index (κ1) is 30.9. The number of hydrogen-bond acceptors (Lipinski definition) is 7. The first-order valence-corrected chi connectivity index (χ1v) is 17.4. The van der Waals surface area contributed by atoms with Gasteiger partial charge in [-0.1, -0.05) is 103 Å². The van der Waals surface area contributed by atoms with Crippen molar-refractivity contribution >= 4 is 43.9 Å². The fourth-order valence-corrected chi connectivity index (χ4v) is 7.22. The lowest BCUT2D eigenvalue weighted by molar-refractivity contribution is 0.665. The Bertz CT molecular complexity index is 3200. The Morgan fingerprint density at radius 3 is 1.67 bits per heavy atom. The van der Waals surface area contributed by atoms with Gasteiger partial charge in [0.05, 0.1) is 23.3 Å². The molecule has 0 aliphatic heterocycles. The Labute approximate surface area is 308 Å². The maximum absolute atomic E-state index is 10.2. The molecule has 0 aliphatic carbocycles. The molecular weight excluding hydrogens is 667 g/mol. The van der Waals surface area contributed by atoms with Crippen molar-refractivity contribution in [3.63, 3.8) is 0 Å². The highest BCUT2D eigenvalue weighted by atomic mass is 16.3. The van der Waals surface area contributed by atoms with Gasteiger partial charge in [0.2, 0.25) is 0 Å². The van der Waals surface area contributed by atoms with Crippen LogP contribution in [0.1, 0.15) is 11.1 Å². The van der Waals surface area contributed by atoms with Gasteiger partial charge >= 0.3 is 0 Å². The summed E-state index contributed by atoms with van der Waals surface area (Å²) in [5, 5.41) is 23.9. The molecule has 10 aromatic rings. The van der Waals surface area contributed by atoms with E-state index >= 15 is 0 Å². The molecule has 0 unspecified atom stereocenters. The maximum Gasteiger partial charge on any atom is 0.164 e. The first-order chi connectivity index (χ1) is 26.6. The van der Waals surface area contributed by atoms with Gasteiger partial charge in [0, 0.05) is 49.4 Å². The van der Waals surface area contributed by atoms with Crippen molar-refractivity contribution < 1.29 is 8.83 Å². The third-order valence-electron chi connectivity index (χ3n) is 9.76. The van der Waals surface area contributed by atoms with Gasteiger partial charge in [0.1, 0.15) is 22.3 Å². The third kappa shape index (κ3) is 5.16. The molecule has 10 rings (SSSR count). The second kappa shape index (κ2) is 12.4. The van der Waals surface area contributed by atoms with Gasteiger partial charge in [-0.05, 0) is 59.7 Å². The minimum Gasteiger partial charge on any atom is -0.455 e. The Morgan fingerprint density at radius 2 is 0.926 bits per heavy atom. The summed E-state index contributed by atoms with van der Waals surface area (Å²) in [5.41, 5.74) is 9.90. The summed E-state index contributed by atoms with van der Waals surface area (Å²) in [6, 6.07) is 53.6. The minimum absolute atomic E-state index is 0.411. The number of nitriles is 2. The van der Waals surface area contributed by atoms with Crippen LogP contribution in [0.25, 0.3) is 100 Å². The molecule has 0 aliphatic rings. The number of nitrogens with zero attached hydrogens (tertiary/aromatic N) is 5. The Kier molecular flexibility index (Phi) is 7.11. The molecule has 7 aromatic carbocycles. The molecule has 0 spiro atoms. The molecule has 0 fully saturated rings. The molecule has 0 radical (unpaired) electrons. The SMILES string of the molecule is N#Cc1cccc(-c2nc(-c3ccccc3)nc(-c3cc(C#N)cc(-c4ccc5c(c4)oc4c(-c6cccc7c6oc6ccccc67)cccc45)c3)n2)c1. The second-order valence-electron chi connectivity index (χ2n) is 13.1. The highest BCUT2D eigenvalue weighted by molar-refractivity contribution is 6.15. The molecule has 0 amide bonds. The van der Waals surface area contributed by atoms with E-state index in [1.165, 1.54) is 0 Å². The van der Waals surface area contributed by atoms with Gasteiger partial charge in [-0.2, -0.15) is 10.5 Å². The van der Waals surface area contributed by atoms with Crippen molar-refractivity contribution in [1.29, 1.82) is 10.5 Å². The van der Waals surface area contributed by atoms with E-state index in [0.29, 0.717) is 39.7 Å². The molecule has 7 heteroatoms. The molecule has 54 heavy (non-hydrogen) atoms. The number of aromatic nitrogens is 3. The molecule has 0 N–H and O–H groups in total. The van der Waals surface area contributed by atoms with Crippen LogP contribution in [0.5, 0.6) is 0 Å². The Hall–Kier alpha value is -7.87. The minimum atomic E-state index is 0.411. The summed E-state index contributed by atoms with van der Waals surface area (Å²) >= 11 is 0. The zero-order valence-electron chi connectivity index (χ0n) is 28.5. The van der Waals surface area contributed by atoms with Crippen molar-refractivity contribution in [3.05, 3.63) is 163 Å². The van der Waals surface area contributed by atoms with E-state index in [9.17, 15) is 10.5 Å². The number of hydrogen-bond donors (Lipinski definition) is 0. The first-order valence-electron chi connectivity index (χ1n) is 17.4. The Morgan fingerprint density at radius 1 is 0.370 bits per heavy atom. The molecule has 7 nitrogen and oxygen atoms in total. The number of furan rings is 2. The van der Waals surface area contributed by atoms with E-state index in [1.807, 2.05) is 91.0 Å². The van der Waals surface area contributed by atoms with Crippen LogP contribution < -0.4 is 0 Å². The Balaban J connectivity index is 1.11. The smallest absolute Gasteiger partial charge is 0.164 e. The monoisotopic (exact) mass is 691 g/mol. The van der Waals surface area contributed by atoms with Crippen LogP contribution in [0.3, 0.4) is 0 Å². The fourth-order valence-electron chi connectivity index (χ4n) is 7.22. The lowest BCUT2D eigenvalue weighted by atomic mass is 9.97. The largest absolute Gasteiger partial charge is 0.455 e. The lowest BCUT2D eigenvalue weighted by Crippen LogP contribution is -2.00. The van der Waals surface area contributed by atoms with Crippen molar-refractivity contribution in [2.24, 2.45) is 0 Å². The quantitative estimate of drug-likeness (QED) is 0.176. The van der Waals surface area contributed by atoms with Crippen LogP contribution in [-0.2, 0) is 0 Å². The van der Waals surface area contributed by atoms with Crippen LogP contribution in [-0.4, -0.2) is 15.0 Å². The van der Waals surface area contributed by atoms with Crippen LogP contribution in [0.15, 0.2) is 160 Å². The molecule has 0 saturated carbocycles. The zero-order valence-corrected chi connectivity index (χ0v) is 28.5. The molecule has 0 atom stereocenters. The van der Waals surface area contributed by atoms with Crippen molar-refractivity contribution in [2.45, 2.75) is 0 Å². The summed E-state index contributed by atoms with van der Waals surface area (Å²) in [5.74, 6) is 1.33. The normalized spacial score (nSPS) is 11.3. The topological polar surface area (TPSA) is 113 Å². The van der Waals surface area contributed by atoms with Gasteiger partial charge in [-0.25, -0.2) is 15.0 Å². The van der Waals surface area contributed by atoms with Crippen molar-refractivity contribution in [2.75, 3.05) is 0 Å². The molecular formula is C47H25N5O2. The number of benzene rings is 7. The van der Waals surface area contributed by atoms with Gasteiger partial charge in [0.15, 0.2) is 17.5 Å². The highest BCUT2D eigenvalue weighted by Gasteiger charge is 2.19. The zero-order chi connectivity index (χ0) is 36.2. The van der Waals surface area contributed by atoms with Crippen LogP contribution in [0.4, 0.5) is 0 Å². The molecule has 0 saturated heterocycles. The van der Waals surface area contributed by atoms with Crippen molar-refractivity contribution in [1.82, 2.24) is 15.0 Å². The van der Waals surface area contributed by atoms with Crippen LogP contribution in [0.2, 0.25) is 0 Å². The number of para-hydroxylation sites is 3. The maximum atomic E-state index is 10.2.